The maximum absolute atomic E-state index is 12.6. The van der Waals surface area contributed by atoms with Gasteiger partial charge in [-0.15, -0.1) is 0 Å². The number of hydrogen-bond donors (Lipinski definition) is 1. The number of benzene rings is 2. The molecule has 0 atom stereocenters. The molecule has 2 aromatic rings. The van der Waals surface area contributed by atoms with Crippen LogP contribution in [0.1, 0.15) is 12.0 Å². The number of para-hydroxylation sites is 1. The highest BCUT2D eigenvalue weighted by molar-refractivity contribution is 7.89. The van der Waals surface area contributed by atoms with Gasteiger partial charge >= 0.3 is 0 Å². The highest BCUT2D eigenvalue weighted by atomic mass is 32.2. The standard InChI is InChI=1S/C20H24N2O5S/c23-20(10-13-27-18-4-2-1-3-5-18)21-16-17-6-8-19(9-7-17)28(24,25)22-11-14-26-15-12-22/h1-9H,10-16H2,(H,21,23). The van der Waals surface area contributed by atoms with E-state index >= 15 is 0 Å². The molecule has 150 valence electrons. The van der Waals surface area contributed by atoms with E-state index in [2.05, 4.69) is 5.32 Å². The molecule has 7 nitrogen and oxygen atoms in total. The third-order valence-corrected chi connectivity index (χ3v) is 6.27. The van der Waals surface area contributed by atoms with Gasteiger partial charge in [-0.1, -0.05) is 30.3 Å². The van der Waals surface area contributed by atoms with Crippen LogP contribution in [-0.2, 0) is 26.1 Å². The Balaban J connectivity index is 1.45. The van der Waals surface area contributed by atoms with Gasteiger partial charge in [-0.3, -0.25) is 4.79 Å². The van der Waals surface area contributed by atoms with Crippen LogP contribution in [0.4, 0.5) is 0 Å². The number of nitrogens with zero attached hydrogens (tertiary/aromatic N) is 1. The highest BCUT2D eigenvalue weighted by Crippen LogP contribution is 2.17. The van der Waals surface area contributed by atoms with Gasteiger partial charge in [0.2, 0.25) is 15.9 Å². The third kappa shape index (κ3) is 5.54. The topological polar surface area (TPSA) is 84.9 Å². The Morgan fingerprint density at radius 1 is 1.04 bits per heavy atom. The van der Waals surface area contributed by atoms with E-state index in [1.54, 1.807) is 24.3 Å². The van der Waals surface area contributed by atoms with Crippen molar-refractivity contribution in [3.05, 3.63) is 60.2 Å². The Morgan fingerprint density at radius 3 is 2.39 bits per heavy atom. The molecule has 1 aliphatic heterocycles. The molecule has 3 rings (SSSR count). The first kappa shape index (κ1) is 20.3. The van der Waals surface area contributed by atoms with Crippen molar-refractivity contribution < 1.29 is 22.7 Å². The van der Waals surface area contributed by atoms with E-state index in [1.807, 2.05) is 30.3 Å². The maximum atomic E-state index is 12.6. The number of carbonyl (C=O) groups excluding carboxylic acids is 1. The molecular weight excluding hydrogens is 380 g/mol. The number of ether oxygens (including phenoxy) is 2. The quantitative estimate of drug-likeness (QED) is 0.725. The fourth-order valence-electron chi connectivity index (χ4n) is 2.78. The number of amides is 1. The van der Waals surface area contributed by atoms with Crippen molar-refractivity contribution >= 4 is 15.9 Å². The lowest BCUT2D eigenvalue weighted by Gasteiger charge is -2.26. The van der Waals surface area contributed by atoms with E-state index in [0.29, 0.717) is 39.5 Å². The number of sulfonamides is 1. The second-order valence-corrected chi connectivity index (χ2v) is 8.29. The summed E-state index contributed by atoms with van der Waals surface area (Å²) in [6, 6.07) is 15.9. The van der Waals surface area contributed by atoms with Gasteiger partial charge in [-0.25, -0.2) is 8.42 Å². The second-order valence-electron chi connectivity index (χ2n) is 6.35. The smallest absolute Gasteiger partial charge is 0.243 e. The predicted molar refractivity (Wildman–Crippen MR) is 104 cm³/mol. The van der Waals surface area contributed by atoms with Crippen molar-refractivity contribution in [2.75, 3.05) is 32.9 Å². The maximum Gasteiger partial charge on any atom is 0.243 e. The summed E-state index contributed by atoms with van der Waals surface area (Å²) in [5.41, 5.74) is 0.832. The fourth-order valence-corrected chi connectivity index (χ4v) is 4.19. The zero-order valence-electron chi connectivity index (χ0n) is 15.5. The summed E-state index contributed by atoms with van der Waals surface area (Å²) in [4.78, 5) is 12.2. The number of rotatable bonds is 8. The molecule has 0 radical (unpaired) electrons. The van der Waals surface area contributed by atoms with Crippen molar-refractivity contribution in [1.29, 1.82) is 0 Å². The van der Waals surface area contributed by atoms with Crippen LogP contribution in [0, 0.1) is 0 Å². The highest BCUT2D eigenvalue weighted by Gasteiger charge is 2.26. The molecule has 0 aromatic heterocycles. The van der Waals surface area contributed by atoms with E-state index in [0.717, 1.165) is 11.3 Å². The van der Waals surface area contributed by atoms with E-state index in [1.165, 1.54) is 4.31 Å². The van der Waals surface area contributed by atoms with Gasteiger partial charge in [0, 0.05) is 19.6 Å². The van der Waals surface area contributed by atoms with Gasteiger partial charge in [0.1, 0.15) is 5.75 Å². The van der Waals surface area contributed by atoms with Crippen LogP contribution in [0.25, 0.3) is 0 Å². The van der Waals surface area contributed by atoms with Crippen molar-refractivity contribution in [1.82, 2.24) is 9.62 Å². The molecule has 1 saturated heterocycles. The van der Waals surface area contributed by atoms with E-state index in [9.17, 15) is 13.2 Å². The fraction of sp³-hybridized carbons (Fsp3) is 0.350. The lowest BCUT2D eigenvalue weighted by atomic mass is 10.2. The number of morpholine rings is 1. The molecule has 0 bridgehead atoms. The average Bonchev–Trinajstić information content (AvgIpc) is 2.74. The van der Waals surface area contributed by atoms with Crippen LogP contribution in [-0.4, -0.2) is 51.5 Å². The summed E-state index contributed by atoms with van der Waals surface area (Å²) in [6.45, 7) is 2.19. The van der Waals surface area contributed by atoms with E-state index in [-0.39, 0.29) is 17.2 Å². The first-order valence-corrected chi connectivity index (χ1v) is 10.6. The molecule has 0 unspecified atom stereocenters. The lowest BCUT2D eigenvalue weighted by Crippen LogP contribution is -2.40. The molecule has 0 spiro atoms. The molecule has 28 heavy (non-hydrogen) atoms. The summed E-state index contributed by atoms with van der Waals surface area (Å²) in [5.74, 6) is 0.605. The summed E-state index contributed by atoms with van der Waals surface area (Å²) >= 11 is 0. The van der Waals surface area contributed by atoms with Gasteiger partial charge in [-0.05, 0) is 29.8 Å². The molecule has 0 saturated carbocycles. The van der Waals surface area contributed by atoms with Gasteiger partial charge in [0.15, 0.2) is 0 Å². The van der Waals surface area contributed by atoms with E-state index < -0.39 is 10.0 Å². The second kappa shape index (κ2) is 9.68. The molecular formula is C20H24N2O5S. The lowest BCUT2D eigenvalue weighted by molar-refractivity contribution is -0.121. The normalized spacial score (nSPS) is 15.1. The largest absolute Gasteiger partial charge is 0.493 e. The molecule has 1 amide bonds. The summed E-state index contributed by atoms with van der Waals surface area (Å²) < 4.78 is 37.3. The van der Waals surface area contributed by atoms with Crippen LogP contribution in [0.5, 0.6) is 5.75 Å². The Bertz CT molecular complexity index is 863. The first-order valence-electron chi connectivity index (χ1n) is 9.17. The van der Waals surface area contributed by atoms with Crippen molar-refractivity contribution in [2.45, 2.75) is 17.9 Å². The zero-order valence-corrected chi connectivity index (χ0v) is 16.4. The minimum Gasteiger partial charge on any atom is -0.493 e. The monoisotopic (exact) mass is 404 g/mol. The zero-order chi connectivity index (χ0) is 19.8. The molecule has 1 heterocycles. The molecule has 0 aliphatic carbocycles. The summed E-state index contributed by atoms with van der Waals surface area (Å²) in [6.07, 6.45) is 0.248. The van der Waals surface area contributed by atoms with Crippen LogP contribution in [0.15, 0.2) is 59.5 Å². The van der Waals surface area contributed by atoms with Gasteiger partial charge in [0.25, 0.3) is 0 Å². The molecule has 1 aliphatic rings. The third-order valence-electron chi connectivity index (χ3n) is 4.36. The Hall–Kier alpha value is -2.42. The average molecular weight is 404 g/mol. The number of nitrogens with one attached hydrogen (secondary N) is 1. The number of hydrogen-bond acceptors (Lipinski definition) is 5. The van der Waals surface area contributed by atoms with Crippen molar-refractivity contribution in [3.63, 3.8) is 0 Å². The van der Waals surface area contributed by atoms with Crippen LogP contribution in [0.3, 0.4) is 0 Å². The molecule has 2 aromatic carbocycles. The molecule has 1 N–H and O–H groups in total. The van der Waals surface area contributed by atoms with Gasteiger partial charge in [0.05, 0.1) is 31.1 Å². The summed E-state index contributed by atoms with van der Waals surface area (Å²) in [7, 11) is -3.50. The predicted octanol–water partition coefficient (Wildman–Crippen LogP) is 1.79. The van der Waals surface area contributed by atoms with Crippen LogP contribution in [0.2, 0.25) is 0 Å². The van der Waals surface area contributed by atoms with Crippen LogP contribution >= 0.6 is 0 Å². The van der Waals surface area contributed by atoms with Crippen molar-refractivity contribution in [2.24, 2.45) is 0 Å². The van der Waals surface area contributed by atoms with Crippen LogP contribution < -0.4 is 10.1 Å². The molecule has 8 heteroatoms. The molecule has 1 fully saturated rings. The van der Waals surface area contributed by atoms with E-state index in [4.69, 9.17) is 9.47 Å². The van der Waals surface area contributed by atoms with Crippen molar-refractivity contribution in [3.8, 4) is 5.75 Å². The Labute approximate surface area is 165 Å². The minimum absolute atomic E-state index is 0.124. The van der Waals surface area contributed by atoms with Gasteiger partial charge < -0.3 is 14.8 Å². The minimum atomic E-state index is -3.50. The van der Waals surface area contributed by atoms with Gasteiger partial charge in [-0.2, -0.15) is 4.31 Å². The SMILES string of the molecule is O=C(CCOc1ccccc1)NCc1ccc(S(=O)(=O)N2CCOCC2)cc1. The Morgan fingerprint density at radius 2 is 1.71 bits per heavy atom. The summed E-state index contributed by atoms with van der Waals surface area (Å²) in [5, 5.41) is 2.81. The Kier molecular flexibility index (Phi) is 7.02. The number of carbonyl (C=O) groups is 1. The first-order chi connectivity index (χ1) is 13.6.